The molecule has 0 bridgehead atoms. The number of hydrogen-bond acceptors (Lipinski definition) is 4. The van der Waals surface area contributed by atoms with Gasteiger partial charge in [0.25, 0.3) is 0 Å². The second-order valence-corrected chi connectivity index (χ2v) is 3.59. The lowest BCUT2D eigenvalue weighted by molar-refractivity contribution is 0.103. The normalized spacial score (nSPS) is 9.89. The number of benzene rings is 1. The van der Waals surface area contributed by atoms with Crippen molar-refractivity contribution in [3.8, 4) is 11.6 Å². The van der Waals surface area contributed by atoms with Crippen molar-refractivity contribution in [2.75, 3.05) is 14.2 Å². The number of nitrogens with zero attached hydrogens (tertiary/aromatic N) is 1. The number of rotatable bonds is 4. The summed E-state index contributed by atoms with van der Waals surface area (Å²) >= 11 is 0. The Labute approximate surface area is 105 Å². The fourth-order valence-electron chi connectivity index (χ4n) is 1.63. The number of carbonyl (C=O) groups is 1. The fraction of sp³-hybridized carbons (Fsp3) is 0.143. The Morgan fingerprint density at radius 2 is 1.78 bits per heavy atom. The van der Waals surface area contributed by atoms with Gasteiger partial charge in [-0.05, 0) is 18.2 Å². The Bertz CT molecular complexity index is 566. The molecule has 0 fully saturated rings. The minimum Gasteiger partial charge on any atom is -0.496 e. The molecule has 1 aromatic carbocycles. The van der Waals surface area contributed by atoms with E-state index < -0.39 is 0 Å². The average molecular weight is 243 g/mol. The average Bonchev–Trinajstić information content (AvgIpc) is 2.46. The SMILES string of the molecule is COc1cccc(C(=O)c2ccccc2OC)n1. The van der Waals surface area contributed by atoms with Crippen molar-refractivity contribution < 1.29 is 14.3 Å². The lowest BCUT2D eigenvalue weighted by Crippen LogP contribution is -2.06. The van der Waals surface area contributed by atoms with Crippen LogP contribution in [0.1, 0.15) is 16.1 Å². The summed E-state index contributed by atoms with van der Waals surface area (Å²) in [5, 5.41) is 0. The smallest absolute Gasteiger partial charge is 0.215 e. The molecule has 18 heavy (non-hydrogen) atoms. The predicted molar refractivity (Wildman–Crippen MR) is 67.2 cm³/mol. The Hall–Kier alpha value is -2.36. The number of ketones is 1. The van der Waals surface area contributed by atoms with E-state index in [-0.39, 0.29) is 5.78 Å². The lowest BCUT2D eigenvalue weighted by Gasteiger charge is -2.07. The van der Waals surface area contributed by atoms with Gasteiger partial charge in [0.2, 0.25) is 11.7 Å². The second kappa shape index (κ2) is 5.31. The third-order valence-corrected chi connectivity index (χ3v) is 2.52. The lowest BCUT2D eigenvalue weighted by atomic mass is 10.1. The zero-order chi connectivity index (χ0) is 13.0. The van der Waals surface area contributed by atoms with E-state index in [1.165, 1.54) is 14.2 Å². The fourth-order valence-corrected chi connectivity index (χ4v) is 1.63. The summed E-state index contributed by atoms with van der Waals surface area (Å²) in [7, 11) is 3.05. The van der Waals surface area contributed by atoms with Gasteiger partial charge in [0.1, 0.15) is 11.4 Å². The molecule has 0 N–H and O–H groups in total. The molecule has 0 unspecified atom stereocenters. The van der Waals surface area contributed by atoms with Crippen LogP contribution in [-0.2, 0) is 0 Å². The first kappa shape index (κ1) is 12.1. The summed E-state index contributed by atoms with van der Waals surface area (Å²) in [4.78, 5) is 16.4. The highest BCUT2D eigenvalue weighted by Gasteiger charge is 2.15. The highest BCUT2D eigenvalue weighted by Crippen LogP contribution is 2.21. The molecule has 2 aromatic rings. The third-order valence-electron chi connectivity index (χ3n) is 2.52. The van der Waals surface area contributed by atoms with Crippen LogP contribution in [0, 0.1) is 0 Å². The van der Waals surface area contributed by atoms with Crippen molar-refractivity contribution in [2.45, 2.75) is 0 Å². The summed E-state index contributed by atoms with van der Waals surface area (Å²) in [6.45, 7) is 0. The molecule has 0 spiro atoms. The molecule has 0 atom stereocenters. The van der Waals surface area contributed by atoms with Gasteiger partial charge in [-0.25, -0.2) is 4.98 Å². The van der Waals surface area contributed by atoms with Crippen LogP contribution in [0.4, 0.5) is 0 Å². The zero-order valence-corrected chi connectivity index (χ0v) is 10.2. The van der Waals surface area contributed by atoms with Gasteiger partial charge in [0.15, 0.2) is 0 Å². The van der Waals surface area contributed by atoms with Crippen LogP contribution >= 0.6 is 0 Å². The highest BCUT2D eigenvalue weighted by atomic mass is 16.5. The van der Waals surface area contributed by atoms with Crippen molar-refractivity contribution in [2.24, 2.45) is 0 Å². The van der Waals surface area contributed by atoms with Gasteiger partial charge in [-0.2, -0.15) is 0 Å². The van der Waals surface area contributed by atoms with Gasteiger partial charge >= 0.3 is 0 Å². The minimum atomic E-state index is -0.189. The second-order valence-electron chi connectivity index (χ2n) is 3.59. The largest absolute Gasteiger partial charge is 0.496 e. The van der Waals surface area contributed by atoms with Crippen LogP contribution in [0.5, 0.6) is 11.6 Å². The molecule has 0 saturated carbocycles. The van der Waals surface area contributed by atoms with Crippen LogP contribution in [0.2, 0.25) is 0 Å². The van der Waals surface area contributed by atoms with Crippen molar-refractivity contribution in [3.63, 3.8) is 0 Å². The van der Waals surface area contributed by atoms with E-state index in [9.17, 15) is 4.79 Å². The molecule has 0 radical (unpaired) electrons. The van der Waals surface area contributed by atoms with E-state index in [0.717, 1.165) is 0 Å². The molecule has 4 heteroatoms. The summed E-state index contributed by atoms with van der Waals surface area (Å²) < 4.78 is 10.2. The summed E-state index contributed by atoms with van der Waals surface area (Å²) in [5.41, 5.74) is 0.819. The highest BCUT2D eigenvalue weighted by molar-refractivity contribution is 6.09. The molecular weight excluding hydrogens is 230 g/mol. The van der Waals surface area contributed by atoms with Crippen molar-refractivity contribution >= 4 is 5.78 Å². The summed E-state index contributed by atoms with van der Waals surface area (Å²) in [6, 6.07) is 12.1. The molecule has 92 valence electrons. The molecule has 0 aliphatic rings. The van der Waals surface area contributed by atoms with Gasteiger partial charge < -0.3 is 9.47 Å². The standard InChI is InChI=1S/C14H13NO3/c1-17-12-8-4-3-6-10(12)14(16)11-7-5-9-13(15-11)18-2/h3-9H,1-2H3. The first-order valence-corrected chi connectivity index (χ1v) is 5.45. The number of pyridine rings is 1. The quantitative estimate of drug-likeness (QED) is 0.773. The van der Waals surface area contributed by atoms with Crippen LogP contribution in [0.25, 0.3) is 0 Å². The first-order chi connectivity index (χ1) is 8.76. The van der Waals surface area contributed by atoms with Gasteiger partial charge in [-0.15, -0.1) is 0 Å². The van der Waals surface area contributed by atoms with Gasteiger partial charge in [0, 0.05) is 6.07 Å². The maximum Gasteiger partial charge on any atom is 0.215 e. The maximum atomic E-state index is 12.3. The van der Waals surface area contributed by atoms with Crippen molar-refractivity contribution in [1.29, 1.82) is 0 Å². The number of carbonyl (C=O) groups excluding carboxylic acids is 1. The van der Waals surface area contributed by atoms with Crippen LogP contribution in [0.3, 0.4) is 0 Å². The molecule has 1 heterocycles. The first-order valence-electron chi connectivity index (χ1n) is 5.45. The van der Waals surface area contributed by atoms with Crippen LogP contribution in [0.15, 0.2) is 42.5 Å². The predicted octanol–water partition coefficient (Wildman–Crippen LogP) is 2.33. The van der Waals surface area contributed by atoms with E-state index in [2.05, 4.69) is 4.98 Å². The summed E-state index contributed by atoms with van der Waals surface area (Å²) in [6.07, 6.45) is 0. The molecule has 0 amide bonds. The Morgan fingerprint density at radius 3 is 2.50 bits per heavy atom. The molecule has 1 aromatic heterocycles. The number of hydrogen-bond donors (Lipinski definition) is 0. The Morgan fingerprint density at radius 1 is 1.00 bits per heavy atom. The number of methoxy groups -OCH3 is 2. The number of para-hydroxylation sites is 1. The molecule has 2 rings (SSSR count). The summed E-state index contributed by atoms with van der Waals surface area (Å²) in [5.74, 6) is 0.759. The van der Waals surface area contributed by atoms with E-state index in [0.29, 0.717) is 22.9 Å². The molecule has 0 aliphatic carbocycles. The third kappa shape index (κ3) is 2.32. The molecule has 0 saturated heterocycles. The van der Waals surface area contributed by atoms with Crippen LogP contribution < -0.4 is 9.47 Å². The number of aromatic nitrogens is 1. The van der Waals surface area contributed by atoms with Crippen molar-refractivity contribution in [1.82, 2.24) is 4.98 Å². The van der Waals surface area contributed by atoms with E-state index in [4.69, 9.17) is 9.47 Å². The molecule has 4 nitrogen and oxygen atoms in total. The zero-order valence-electron chi connectivity index (χ0n) is 10.2. The minimum absolute atomic E-state index is 0.189. The van der Waals surface area contributed by atoms with E-state index >= 15 is 0 Å². The van der Waals surface area contributed by atoms with Gasteiger partial charge in [-0.1, -0.05) is 18.2 Å². The monoisotopic (exact) mass is 243 g/mol. The van der Waals surface area contributed by atoms with Crippen molar-refractivity contribution in [3.05, 3.63) is 53.7 Å². The van der Waals surface area contributed by atoms with E-state index in [1.807, 2.05) is 6.07 Å². The Kier molecular flexibility index (Phi) is 3.57. The molecule has 0 aliphatic heterocycles. The Balaban J connectivity index is 2.41. The van der Waals surface area contributed by atoms with E-state index in [1.54, 1.807) is 36.4 Å². The molecular formula is C14H13NO3. The van der Waals surface area contributed by atoms with Gasteiger partial charge in [-0.3, -0.25) is 4.79 Å². The topological polar surface area (TPSA) is 48.4 Å². The van der Waals surface area contributed by atoms with Crippen LogP contribution in [-0.4, -0.2) is 25.0 Å². The maximum absolute atomic E-state index is 12.3. The number of ether oxygens (including phenoxy) is 2. The van der Waals surface area contributed by atoms with Gasteiger partial charge in [0.05, 0.1) is 19.8 Å².